The molecule has 1 heterocycles. The van der Waals surface area contributed by atoms with E-state index in [-0.39, 0.29) is 12.5 Å². The summed E-state index contributed by atoms with van der Waals surface area (Å²) in [6.07, 6.45) is 4.81. The van der Waals surface area contributed by atoms with Crippen molar-refractivity contribution >= 4 is 22.4 Å². The first-order valence-corrected chi connectivity index (χ1v) is 9.07. The quantitative estimate of drug-likeness (QED) is 0.532. The lowest BCUT2D eigenvalue weighted by molar-refractivity contribution is -0.684. The first-order chi connectivity index (χ1) is 13.3. The van der Waals surface area contributed by atoms with Gasteiger partial charge < -0.3 is 5.32 Å². The van der Waals surface area contributed by atoms with Gasteiger partial charge in [-0.2, -0.15) is 4.57 Å². The Labute approximate surface area is 158 Å². The van der Waals surface area contributed by atoms with Gasteiger partial charge in [0.1, 0.15) is 0 Å². The molecular formula is C24H21N2O+. The van der Waals surface area contributed by atoms with Gasteiger partial charge in [0.15, 0.2) is 12.4 Å². The molecule has 27 heavy (non-hydrogen) atoms. The summed E-state index contributed by atoms with van der Waals surface area (Å²) in [5.41, 5.74) is 3.36. The monoisotopic (exact) mass is 353 g/mol. The van der Waals surface area contributed by atoms with E-state index < -0.39 is 0 Å². The first kappa shape index (κ1) is 17.0. The van der Waals surface area contributed by atoms with Crippen molar-refractivity contribution in [2.75, 3.05) is 5.32 Å². The van der Waals surface area contributed by atoms with Crippen LogP contribution in [0.5, 0.6) is 0 Å². The number of anilines is 1. The van der Waals surface area contributed by atoms with Crippen LogP contribution in [0.15, 0.2) is 97.3 Å². The minimum Gasteiger partial charge on any atom is -0.320 e. The van der Waals surface area contributed by atoms with Crippen LogP contribution in [0.2, 0.25) is 0 Å². The van der Waals surface area contributed by atoms with Gasteiger partial charge in [-0.25, -0.2) is 0 Å². The number of hydrogen-bond donors (Lipinski definition) is 1. The molecule has 0 fully saturated rings. The Morgan fingerprint density at radius 3 is 2.22 bits per heavy atom. The molecular weight excluding hydrogens is 332 g/mol. The Morgan fingerprint density at radius 1 is 0.741 bits per heavy atom. The maximum Gasteiger partial charge on any atom is 0.290 e. The maximum absolute atomic E-state index is 12.5. The fourth-order valence-corrected chi connectivity index (χ4v) is 3.23. The number of fused-ring (bicyclic) bond motifs is 1. The Balaban J connectivity index is 1.42. The number of nitrogens with one attached hydrogen (secondary N) is 1. The minimum atomic E-state index is -0.0350. The van der Waals surface area contributed by atoms with Crippen LogP contribution in [-0.2, 0) is 17.8 Å². The highest BCUT2D eigenvalue weighted by Gasteiger charge is 2.11. The van der Waals surface area contributed by atoms with Gasteiger partial charge in [-0.05, 0) is 29.0 Å². The summed E-state index contributed by atoms with van der Waals surface area (Å²) >= 11 is 0. The predicted octanol–water partition coefficient (Wildman–Crippen LogP) is 4.36. The smallest absolute Gasteiger partial charge is 0.290 e. The van der Waals surface area contributed by atoms with Crippen molar-refractivity contribution in [2.24, 2.45) is 0 Å². The van der Waals surface area contributed by atoms with E-state index in [0.29, 0.717) is 0 Å². The zero-order valence-corrected chi connectivity index (χ0v) is 15.0. The third-order valence-electron chi connectivity index (χ3n) is 4.60. The number of hydrogen-bond acceptors (Lipinski definition) is 1. The molecule has 0 aliphatic carbocycles. The molecule has 1 amide bonds. The second kappa shape index (κ2) is 7.83. The number of benzene rings is 3. The zero-order chi connectivity index (χ0) is 18.5. The molecule has 0 aliphatic rings. The molecule has 0 saturated heterocycles. The molecule has 0 radical (unpaired) electrons. The molecule has 0 aliphatic heterocycles. The van der Waals surface area contributed by atoms with E-state index in [1.165, 1.54) is 11.1 Å². The second-order valence-corrected chi connectivity index (χ2v) is 6.62. The number of carbonyl (C=O) groups is 1. The SMILES string of the molecule is O=C(C[n+]1ccc(Cc2ccccc2)cc1)Nc1cccc2ccccc12. The van der Waals surface area contributed by atoms with Crippen LogP contribution in [0.4, 0.5) is 5.69 Å². The molecule has 1 N–H and O–H groups in total. The number of rotatable bonds is 5. The number of nitrogens with zero attached hydrogens (tertiary/aromatic N) is 1. The van der Waals surface area contributed by atoms with Gasteiger partial charge in [0.25, 0.3) is 5.91 Å². The Bertz CT molecular complexity index is 1050. The minimum absolute atomic E-state index is 0.0350. The summed E-state index contributed by atoms with van der Waals surface area (Å²) in [6, 6.07) is 28.5. The van der Waals surface area contributed by atoms with Crippen molar-refractivity contribution in [3.63, 3.8) is 0 Å². The number of pyridine rings is 1. The number of aromatic nitrogens is 1. The van der Waals surface area contributed by atoms with E-state index in [1.54, 1.807) is 0 Å². The van der Waals surface area contributed by atoms with Crippen molar-refractivity contribution in [3.8, 4) is 0 Å². The van der Waals surface area contributed by atoms with Crippen LogP contribution < -0.4 is 9.88 Å². The summed E-state index contributed by atoms with van der Waals surface area (Å²) in [6.45, 7) is 0.287. The largest absolute Gasteiger partial charge is 0.320 e. The van der Waals surface area contributed by atoms with Crippen molar-refractivity contribution in [3.05, 3.63) is 108 Å². The fourth-order valence-electron chi connectivity index (χ4n) is 3.23. The third kappa shape index (κ3) is 4.21. The van der Waals surface area contributed by atoms with E-state index in [9.17, 15) is 4.79 Å². The van der Waals surface area contributed by atoms with Crippen molar-refractivity contribution < 1.29 is 9.36 Å². The molecule has 0 spiro atoms. The van der Waals surface area contributed by atoms with Gasteiger partial charge in [-0.1, -0.05) is 66.7 Å². The van der Waals surface area contributed by atoms with Crippen LogP contribution in [-0.4, -0.2) is 5.91 Å². The highest BCUT2D eigenvalue weighted by Crippen LogP contribution is 2.22. The van der Waals surface area contributed by atoms with Crippen LogP contribution in [0, 0.1) is 0 Å². The summed E-state index contributed by atoms with van der Waals surface area (Å²) in [5, 5.41) is 5.20. The summed E-state index contributed by atoms with van der Waals surface area (Å²) < 4.78 is 1.90. The van der Waals surface area contributed by atoms with Crippen LogP contribution >= 0.6 is 0 Å². The molecule has 0 saturated carbocycles. The molecule has 4 aromatic rings. The number of carbonyl (C=O) groups excluding carboxylic acids is 1. The lowest BCUT2D eigenvalue weighted by Crippen LogP contribution is -2.39. The molecule has 4 rings (SSSR count). The third-order valence-corrected chi connectivity index (χ3v) is 4.60. The van der Waals surface area contributed by atoms with E-state index in [0.717, 1.165) is 22.9 Å². The van der Waals surface area contributed by atoms with E-state index in [4.69, 9.17) is 0 Å². The van der Waals surface area contributed by atoms with E-state index >= 15 is 0 Å². The molecule has 0 bridgehead atoms. The fraction of sp³-hybridized carbons (Fsp3) is 0.0833. The Hall–Kier alpha value is -3.46. The molecule has 132 valence electrons. The van der Waals surface area contributed by atoms with Crippen LogP contribution in [0.1, 0.15) is 11.1 Å². The summed E-state index contributed by atoms with van der Waals surface area (Å²) in [5.74, 6) is -0.0350. The van der Waals surface area contributed by atoms with E-state index in [1.807, 2.05) is 65.5 Å². The Morgan fingerprint density at radius 2 is 1.41 bits per heavy atom. The lowest BCUT2D eigenvalue weighted by Gasteiger charge is -2.07. The number of amides is 1. The Kier molecular flexibility index (Phi) is 4.93. The average Bonchev–Trinajstić information content (AvgIpc) is 2.71. The predicted molar refractivity (Wildman–Crippen MR) is 108 cm³/mol. The lowest BCUT2D eigenvalue weighted by atomic mass is 10.1. The van der Waals surface area contributed by atoms with Gasteiger partial charge in [-0.15, -0.1) is 0 Å². The highest BCUT2D eigenvalue weighted by atomic mass is 16.1. The molecule has 0 atom stereocenters. The molecule has 1 aromatic heterocycles. The normalized spacial score (nSPS) is 10.7. The van der Waals surface area contributed by atoms with Gasteiger partial charge in [-0.3, -0.25) is 4.79 Å². The average molecular weight is 353 g/mol. The van der Waals surface area contributed by atoms with Crippen LogP contribution in [0.25, 0.3) is 10.8 Å². The summed E-state index contributed by atoms with van der Waals surface area (Å²) in [7, 11) is 0. The second-order valence-electron chi connectivity index (χ2n) is 6.62. The summed E-state index contributed by atoms with van der Waals surface area (Å²) in [4.78, 5) is 12.5. The van der Waals surface area contributed by atoms with Crippen LogP contribution in [0.3, 0.4) is 0 Å². The molecule has 0 unspecified atom stereocenters. The standard InChI is InChI=1S/C24H20N2O/c27-24(25-23-12-6-10-21-9-4-5-11-22(21)23)18-26-15-13-20(14-16-26)17-19-7-2-1-3-8-19/h1-16H,17-18H2/p+1. The van der Waals surface area contributed by atoms with Gasteiger partial charge in [0.2, 0.25) is 6.54 Å². The van der Waals surface area contributed by atoms with E-state index in [2.05, 4.69) is 41.7 Å². The van der Waals surface area contributed by atoms with Gasteiger partial charge in [0, 0.05) is 23.2 Å². The van der Waals surface area contributed by atoms with Gasteiger partial charge in [0.05, 0.1) is 0 Å². The highest BCUT2D eigenvalue weighted by molar-refractivity contribution is 6.01. The van der Waals surface area contributed by atoms with Gasteiger partial charge >= 0.3 is 0 Å². The first-order valence-electron chi connectivity index (χ1n) is 9.07. The van der Waals surface area contributed by atoms with Crippen molar-refractivity contribution in [1.82, 2.24) is 0 Å². The zero-order valence-electron chi connectivity index (χ0n) is 15.0. The molecule has 3 aromatic carbocycles. The van der Waals surface area contributed by atoms with Crippen molar-refractivity contribution in [2.45, 2.75) is 13.0 Å². The van der Waals surface area contributed by atoms with Crippen molar-refractivity contribution in [1.29, 1.82) is 0 Å². The molecule has 3 heteroatoms. The topological polar surface area (TPSA) is 33.0 Å². The maximum atomic E-state index is 12.5. The molecule has 3 nitrogen and oxygen atoms in total.